The molecule has 0 saturated heterocycles. The summed E-state index contributed by atoms with van der Waals surface area (Å²) in [4.78, 5) is 16.8. The van der Waals surface area contributed by atoms with E-state index in [0.717, 1.165) is 46.8 Å². The lowest BCUT2D eigenvalue weighted by atomic mass is 10.1. The molecule has 0 aliphatic carbocycles. The van der Waals surface area contributed by atoms with Gasteiger partial charge >= 0.3 is 6.03 Å². The van der Waals surface area contributed by atoms with Gasteiger partial charge in [-0.3, -0.25) is 0 Å². The van der Waals surface area contributed by atoms with Crippen molar-refractivity contribution < 1.29 is 9.21 Å². The van der Waals surface area contributed by atoms with Crippen molar-refractivity contribution in [3.63, 3.8) is 0 Å². The lowest BCUT2D eigenvalue weighted by molar-refractivity contribution is 0.227. The molecular formula is C19H23N5O2. The fraction of sp³-hybridized carbons (Fsp3) is 0.421. The monoisotopic (exact) mass is 353 g/mol. The number of aromatic nitrogens is 3. The van der Waals surface area contributed by atoms with Gasteiger partial charge in [-0.2, -0.15) is 5.10 Å². The van der Waals surface area contributed by atoms with Gasteiger partial charge in [-0.25, -0.2) is 14.5 Å². The van der Waals surface area contributed by atoms with Crippen LogP contribution in [0.1, 0.15) is 42.4 Å². The first-order valence-corrected chi connectivity index (χ1v) is 8.96. The molecule has 1 unspecified atom stereocenters. The molecule has 2 atom stereocenters. The summed E-state index contributed by atoms with van der Waals surface area (Å²) < 4.78 is 7.82. The fourth-order valence-electron chi connectivity index (χ4n) is 3.65. The summed E-state index contributed by atoms with van der Waals surface area (Å²) in [5.41, 5.74) is 1.91. The Hall–Kier alpha value is -2.83. The summed E-state index contributed by atoms with van der Waals surface area (Å²) in [6.07, 6.45) is 1.69. The van der Waals surface area contributed by atoms with E-state index in [4.69, 9.17) is 4.42 Å². The van der Waals surface area contributed by atoms with Crippen molar-refractivity contribution >= 4 is 17.0 Å². The minimum atomic E-state index is -0.213. The number of fused-ring (bicyclic) bond motifs is 2. The zero-order valence-electron chi connectivity index (χ0n) is 15.2. The Kier molecular flexibility index (Phi) is 4.14. The van der Waals surface area contributed by atoms with Crippen molar-refractivity contribution in [1.82, 2.24) is 25.4 Å². The van der Waals surface area contributed by atoms with Gasteiger partial charge < -0.3 is 15.1 Å². The predicted octanol–water partition coefficient (Wildman–Crippen LogP) is 3.02. The highest BCUT2D eigenvalue weighted by molar-refractivity contribution is 5.82. The summed E-state index contributed by atoms with van der Waals surface area (Å²) in [5.74, 6) is 2.56. The zero-order chi connectivity index (χ0) is 18.3. The van der Waals surface area contributed by atoms with Crippen LogP contribution in [0, 0.1) is 13.8 Å². The minimum absolute atomic E-state index is 0.0487. The van der Waals surface area contributed by atoms with Crippen LogP contribution in [-0.4, -0.2) is 26.8 Å². The molecule has 1 aliphatic heterocycles. The molecule has 0 bridgehead atoms. The number of carbonyl (C=O) groups is 1. The van der Waals surface area contributed by atoms with E-state index in [2.05, 4.69) is 20.7 Å². The van der Waals surface area contributed by atoms with Crippen LogP contribution in [0.2, 0.25) is 0 Å². The van der Waals surface area contributed by atoms with Crippen LogP contribution in [0.4, 0.5) is 4.79 Å². The smallest absolute Gasteiger partial charge is 0.315 e. The van der Waals surface area contributed by atoms with E-state index in [-0.39, 0.29) is 18.1 Å². The predicted molar refractivity (Wildman–Crippen MR) is 97.9 cm³/mol. The summed E-state index contributed by atoms with van der Waals surface area (Å²) in [6, 6.07) is 7.55. The Balaban J connectivity index is 1.40. The van der Waals surface area contributed by atoms with Gasteiger partial charge in [0.25, 0.3) is 0 Å². The van der Waals surface area contributed by atoms with Crippen molar-refractivity contribution in [2.45, 2.75) is 52.2 Å². The second kappa shape index (κ2) is 6.48. The minimum Gasteiger partial charge on any atom is -0.459 e. The van der Waals surface area contributed by atoms with E-state index in [1.807, 2.05) is 49.7 Å². The highest BCUT2D eigenvalue weighted by Crippen LogP contribution is 2.29. The molecule has 4 rings (SSSR count). The summed E-state index contributed by atoms with van der Waals surface area (Å²) in [6.45, 7) is 6.50. The average molecular weight is 353 g/mol. The Morgan fingerprint density at radius 3 is 2.96 bits per heavy atom. The standard InChI is InChI=1S/C19H23N5O2/c1-11-15-6-4-5-7-16(15)26-18(11)12(2)20-19(25)22-14-8-9-17-21-13(3)23-24(17)10-14/h4-7,12,14H,8-10H2,1-3H3,(H2,20,22,25)/t12-,14?/m1/s1. The number of amides is 2. The third-order valence-corrected chi connectivity index (χ3v) is 4.92. The second-order valence-corrected chi connectivity index (χ2v) is 6.92. The van der Waals surface area contributed by atoms with Crippen LogP contribution in [0.3, 0.4) is 0 Å². The van der Waals surface area contributed by atoms with Gasteiger partial charge in [-0.15, -0.1) is 0 Å². The van der Waals surface area contributed by atoms with Crippen molar-refractivity contribution in [1.29, 1.82) is 0 Å². The molecule has 1 aromatic carbocycles. The topological polar surface area (TPSA) is 85.0 Å². The summed E-state index contributed by atoms with van der Waals surface area (Å²) in [5, 5.41) is 11.5. The normalized spacial score (nSPS) is 17.7. The number of benzene rings is 1. The van der Waals surface area contributed by atoms with Crippen molar-refractivity contribution in [3.8, 4) is 0 Å². The number of nitrogens with zero attached hydrogens (tertiary/aromatic N) is 3. The van der Waals surface area contributed by atoms with Gasteiger partial charge in [0.2, 0.25) is 0 Å². The van der Waals surface area contributed by atoms with Gasteiger partial charge in [0.05, 0.1) is 18.6 Å². The van der Waals surface area contributed by atoms with E-state index in [0.29, 0.717) is 6.54 Å². The van der Waals surface area contributed by atoms with Crippen LogP contribution >= 0.6 is 0 Å². The van der Waals surface area contributed by atoms with Gasteiger partial charge in [-0.05, 0) is 33.3 Å². The van der Waals surface area contributed by atoms with Crippen LogP contribution in [0.15, 0.2) is 28.7 Å². The molecule has 3 aromatic rings. The molecule has 7 heteroatoms. The van der Waals surface area contributed by atoms with E-state index < -0.39 is 0 Å². The van der Waals surface area contributed by atoms with Gasteiger partial charge in [0, 0.05) is 17.4 Å². The number of nitrogens with one attached hydrogen (secondary N) is 2. The molecule has 1 aliphatic rings. The number of hydrogen-bond acceptors (Lipinski definition) is 4. The third kappa shape index (κ3) is 3.05. The van der Waals surface area contributed by atoms with Gasteiger partial charge in [-0.1, -0.05) is 18.2 Å². The first-order valence-electron chi connectivity index (χ1n) is 8.96. The molecule has 2 amide bonds. The Morgan fingerprint density at radius 1 is 1.35 bits per heavy atom. The largest absolute Gasteiger partial charge is 0.459 e. The van der Waals surface area contributed by atoms with Crippen molar-refractivity contribution in [2.75, 3.05) is 0 Å². The van der Waals surface area contributed by atoms with Crippen molar-refractivity contribution in [3.05, 3.63) is 47.2 Å². The summed E-state index contributed by atoms with van der Waals surface area (Å²) >= 11 is 0. The molecule has 0 fully saturated rings. The number of aryl methyl sites for hydroxylation is 3. The van der Waals surface area contributed by atoms with Crippen molar-refractivity contribution in [2.24, 2.45) is 0 Å². The average Bonchev–Trinajstić information content (AvgIpc) is 3.14. The van der Waals surface area contributed by atoms with E-state index in [1.54, 1.807) is 0 Å². The molecular weight excluding hydrogens is 330 g/mol. The lowest BCUT2D eigenvalue weighted by Gasteiger charge is -2.24. The molecule has 2 aromatic heterocycles. The first kappa shape index (κ1) is 16.6. The molecule has 0 saturated carbocycles. The first-order chi connectivity index (χ1) is 12.5. The quantitative estimate of drug-likeness (QED) is 0.758. The molecule has 136 valence electrons. The maximum Gasteiger partial charge on any atom is 0.315 e. The Morgan fingerprint density at radius 2 is 2.15 bits per heavy atom. The molecule has 0 spiro atoms. The molecule has 2 N–H and O–H groups in total. The highest BCUT2D eigenvalue weighted by Gasteiger charge is 2.24. The van der Waals surface area contributed by atoms with Crippen LogP contribution in [-0.2, 0) is 13.0 Å². The third-order valence-electron chi connectivity index (χ3n) is 4.92. The number of hydrogen-bond donors (Lipinski definition) is 2. The van der Waals surface area contributed by atoms with Crippen LogP contribution in [0.25, 0.3) is 11.0 Å². The number of carbonyl (C=O) groups excluding carboxylic acids is 1. The molecule has 26 heavy (non-hydrogen) atoms. The zero-order valence-corrected chi connectivity index (χ0v) is 15.2. The number of urea groups is 1. The summed E-state index contributed by atoms with van der Waals surface area (Å²) in [7, 11) is 0. The molecule has 7 nitrogen and oxygen atoms in total. The number of para-hydroxylation sites is 1. The van der Waals surface area contributed by atoms with Gasteiger partial charge in [0.15, 0.2) is 0 Å². The Labute approximate surface area is 151 Å². The van der Waals surface area contributed by atoms with Crippen LogP contribution < -0.4 is 10.6 Å². The SMILES string of the molecule is Cc1nc2n(n1)CC(NC(=O)N[C@H](C)c1oc3ccccc3c1C)CC2. The number of furan rings is 1. The van der Waals surface area contributed by atoms with E-state index >= 15 is 0 Å². The second-order valence-electron chi connectivity index (χ2n) is 6.92. The van der Waals surface area contributed by atoms with E-state index in [9.17, 15) is 4.79 Å². The molecule has 0 radical (unpaired) electrons. The van der Waals surface area contributed by atoms with E-state index in [1.165, 1.54) is 0 Å². The van der Waals surface area contributed by atoms with Crippen LogP contribution in [0.5, 0.6) is 0 Å². The van der Waals surface area contributed by atoms with Gasteiger partial charge in [0.1, 0.15) is 23.0 Å². The molecule has 3 heterocycles. The fourth-order valence-corrected chi connectivity index (χ4v) is 3.65. The number of rotatable bonds is 3. The maximum atomic E-state index is 12.4. The highest BCUT2D eigenvalue weighted by atomic mass is 16.3. The Bertz CT molecular complexity index is 958. The lowest BCUT2D eigenvalue weighted by Crippen LogP contribution is -2.46. The maximum absolute atomic E-state index is 12.4.